The van der Waals surface area contributed by atoms with Crippen LogP contribution in [-0.4, -0.2) is 42.8 Å². The highest BCUT2D eigenvalue weighted by molar-refractivity contribution is 7.89. The number of hydrogen-bond donors (Lipinski definition) is 1. The number of aliphatic hydroxyl groups is 1. The molecule has 0 aromatic carbocycles. The fourth-order valence-electron chi connectivity index (χ4n) is 2.68. The molecule has 0 aromatic rings. The number of nitrogens with zero attached hydrogens (tertiary/aromatic N) is 1. The van der Waals surface area contributed by atoms with E-state index in [2.05, 4.69) is 0 Å². The standard InChI is InChI=1S/C10H19NO3S/c12-8-9-2-4-10(5-3-9)11-6-1-7-15(11,13)14/h9-10,12H,1-8H2. The smallest absolute Gasteiger partial charge is 0.214 e. The molecule has 0 spiro atoms. The van der Waals surface area contributed by atoms with Crippen LogP contribution in [0.3, 0.4) is 0 Å². The van der Waals surface area contributed by atoms with E-state index in [0.29, 0.717) is 18.2 Å². The van der Waals surface area contributed by atoms with Crippen molar-refractivity contribution in [3.8, 4) is 0 Å². The minimum absolute atomic E-state index is 0.209. The van der Waals surface area contributed by atoms with E-state index in [9.17, 15) is 8.42 Å². The summed E-state index contributed by atoms with van der Waals surface area (Å²) < 4.78 is 25.1. The summed E-state index contributed by atoms with van der Waals surface area (Å²) in [7, 11) is -2.94. The van der Waals surface area contributed by atoms with Gasteiger partial charge >= 0.3 is 0 Å². The molecule has 0 radical (unpaired) electrons. The van der Waals surface area contributed by atoms with Crippen molar-refractivity contribution >= 4 is 10.0 Å². The Hall–Kier alpha value is -0.130. The van der Waals surface area contributed by atoms with Gasteiger partial charge in [-0.25, -0.2) is 8.42 Å². The Bertz CT molecular complexity index is 307. The maximum atomic E-state index is 11.7. The third kappa shape index (κ3) is 2.34. The molecule has 2 aliphatic rings. The molecule has 1 aliphatic heterocycles. The van der Waals surface area contributed by atoms with Gasteiger partial charge in [0.1, 0.15) is 0 Å². The lowest BCUT2D eigenvalue weighted by atomic mass is 9.86. The predicted molar refractivity (Wildman–Crippen MR) is 57.9 cm³/mol. The number of rotatable bonds is 2. The van der Waals surface area contributed by atoms with E-state index >= 15 is 0 Å². The van der Waals surface area contributed by atoms with E-state index in [1.54, 1.807) is 4.31 Å². The second-order valence-corrected chi connectivity index (χ2v) is 6.68. The molecule has 1 saturated carbocycles. The van der Waals surface area contributed by atoms with Crippen LogP contribution in [0, 0.1) is 5.92 Å². The lowest BCUT2D eigenvalue weighted by Gasteiger charge is -2.32. The lowest BCUT2D eigenvalue weighted by Crippen LogP contribution is -2.39. The van der Waals surface area contributed by atoms with Gasteiger partial charge in [0, 0.05) is 19.2 Å². The van der Waals surface area contributed by atoms with Gasteiger partial charge in [0.25, 0.3) is 0 Å². The zero-order valence-corrected chi connectivity index (χ0v) is 9.75. The summed E-state index contributed by atoms with van der Waals surface area (Å²) in [5.74, 6) is 0.721. The third-order valence-corrected chi connectivity index (χ3v) is 5.62. The first-order valence-electron chi connectivity index (χ1n) is 5.74. The summed E-state index contributed by atoms with van der Waals surface area (Å²) in [4.78, 5) is 0. The second kappa shape index (κ2) is 4.39. The molecule has 15 heavy (non-hydrogen) atoms. The van der Waals surface area contributed by atoms with Crippen LogP contribution in [0.1, 0.15) is 32.1 Å². The molecule has 2 rings (SSSR count). The van der Waals surface area contributed by atoms with Crippen molar-refractivity contribution in [2.45, 2.75) is 38.1 Å². The van der Waals surface area contributed by atoms with E-state index in [0.717, 1.165) is 32.1 Å². The number of hydrogen-bond acceptors (Lipinski definition) is 3. The molecular formula is C10H19NO3S. The van der Waals surface area contributed by atoms with Gasteiger partial charge in [-0.1, -0.05) is 0 Å². The predicted octanol–water partition coefficient (Wildman–Crippen LogP) is 0.573. The van der Waals surface area contributed by atoms with Gasteiger partial charge in [-0.15, -0.1) is 0 Å². The molecule has 88 valence electrons. The van der Waals surface area contributed by atoms with Gasteiger partial charge < -0.3 is 5.11 Å². The molecule has 1 saturated heterocycles. The van der Waals surface area contributed by atoms with E-state index in [-0.39, 0.29) is 12.6 Å². The zero-order valence-electron chi connectivity index (χ0n) is 8.93. The van der Waals surface area contributed by atoms with Gasteiger partial charge in [-0.05, 0) is 38.0 Å². The lowest BCUT2D eigenvalue weighted by molar-refractivity contribution is 0.155. The molecule has 0 bridgehead atoms. The van der Waals surface area contributed by atoms with Crippen LogP contribution in [0.4, 0.5) is 0 Å². The molecule has 1 aliphatic carbocycles. The summed E-state index contributed by atoms with van der Waals surface area (Å²) >= 11 is 0. The van der Waals surface area contributed by atoms with Crippen LogP contribution in [0.15, 0.2) is 0 Å². The van der Waals surface area contributed by atoms with Crippen molar-refractivity contribution in [3.63, 3.8) is 0 Å². The Kier molecular flexibility index (Phi) is 3.33. The van der Waals surface area contributed by atoms with Crippen LogP contribution in [0.5, 0.6) is 0 Å². The highest BCUT2D eigenvalue weighted by Crippen LogP contribution is 2.30. The summed E-state index contributed by atoms with van der Waals surface area (Å²) in [5.41, 5.74) is 0. The molecule has 1 heterocycles. The summed E-state index contributed by atoms with van der Waals surface area (Å²) in [6, 6.07) is 0.209. The minimum Gasteiger partial charge on any atom is -0.396 e. The zero-order chi connectivity index (χ0) is 10.9. The van der Waals surface area contributed by atoms with Crippen molar-refractivity contribution in [1.29, 1.82) is 0 Å². The van der Waals surface area contributed by atoms with Gasteiger partial charge in [0.05, 0.1) is 5.75 Å². The number of sulfonamides is 1. The molecule has 4 nitrogen and oxygen atoms in total. The normalized spacial score (nSPS) is 36.9. The van der Waals surface area contributed by atoms with Crippen molar-refractivity contribution in [3.05, 3.63) is 0 Å². The van der Waals surface area contributed by atoms with Crippen LogP contribution < -0.4 is 0 Å². The van der Waals surface area contributed by atoms with Crippen LogP contribution in [0.25, 0.3) is 0 Å². The monoisotopic (exact) mass is 233 g/mol. The summed E-state index contributed by atoms with van der Waals surface area (Å²) in [6.45, 7) is 0.955. The molecule has 0 atom stereocenters. The largest absolute Gasteiger partial charge is 0.396 e. The van der Waals surface area contributed by atoms with Gasteiger partial charge in [0.15, 0.2) is 0 Å². The van der Waals surface area contributed by atoms with E-state index < -0.39 is 10.0 Å². The fourth-order valence-corrected chi connectivity index (χ4v) is 4.48. The molecule has 1 N–H and O–H groups in total. The first-order chi connectivity index (χ1) is 7.13. The van der Waals surface area contributed by atoms with Gasteiger partial charge in [0.2, 0.25) is 10.0 Å². The molecule has 2 fully saturated rings. The van der Waals surface area contributed by atoms with Gasteiger partial charge in [-0.2, -0.15) is 4.31 Å². The van der Waals surface area contributed by atoms with Gasteiger partial charge in [-0.3, -0.25) is 0 Å². The Morgan fingerprint density at radius 2 is 1.87 bits per heavy atom. The Morgan fingerprint density at radius 3 is 2.33 bits per heavy atom. The highest BCUT2D eigenvalue weighted by Gasteiger charge is 2.36. The maximum absolute atomic E-state index is 11.7. The number of aliphatic hydroxyl groups excluding tert-OH is 1. The molecule has 0 amide bonds. The topological polar surface area (TPSA) is 57.6 Å². The molecule has 0 unspecified atom stereocenters. The van der Waals surface area contributed by atoms with Crippen molar-refractivity contribution in [1.82, 2.24) is 4.31 Å². The van der Waals surface area contributed by atoms with Crippen LogP contribution in [0.2, 0.25) is 0 Å². The Labute approximate surface area is 91.3 Å². The molecule has 0 aromatic heterocycles. The molecule has 5 heteroatoms. The average molecular weight is 233 g/mol. The quantitative estimate of drug-likeness (QED) is 0.758. The third-order valence-electron chi connectivity index (χ3n) is 3.62. The van der Waals surface area contributed by atoms with Crippen molar-refractivity contribution in [2.24, 2.45) is 5.92 Å². The van der Waals surface area contributed by atoms with E-state index in [1.807, 2.05) is 0 Å². The van der Waals surface area contributed by atoms with Crippen molar-refractivity contribution < 1.29 is 13.5 Å². The van der Waals surface area contributed by atoms with Crippen LogP contribution in [-0.2, 0) is 10.0 Å². The first kappa shape index (κ1) is 11.4. The molecular weight excluding hydrogens is 214 g/mol. The van der Waals surface area contributed by atoms with Crippen molar-refractivity contribution in [2.75, 3.05) is 18.9 Å². The highest BCUT2D eigenvalue weighted by atomic mass is 32.2. The SMILES string of the molecule is O=S1(=O)CCCN1C1CCC(CO)CC1. The van der Waals surface area contributed by atoms with E-state index in [4.69, 9.17) is 5.11 Å². The first-order valence-corrected chi connectivity index (χ1v) is 7.35. The minimum atomic E-state index is -2.94. The fraction of sp³-hybridized carbons (Fsp3) is 1.00. The second-order valence-electron chi connectivity index (χ2n) is 4.64. The average Bonchev–Trinajstić information content (AvgIpc) is 2.58. The summed E-state index contributed by atoms with van der Waals surface area (Å²) in [5, 5.41) is 9.01. The van der Waals surface area contributed by atoms with E-state index in [1.165, 1.54) is 0 Å². The summed E-state index contributed by atoms with van der Waals surface area (Å²) in [6.07, 6.45) is 4.55. The Balaban J connectivity index is 1.96. The Morgan fingerprint density at radius 1 is 1.20 bits per heavy atom. The van der Waals surface area contributed by atoms with Crippen LogP contribution >= 0.6 is 0 Å². The maximum Gasteiger partial charge on any atom is 0.214 e.